The predicted molar refractivity (Wildman–Crippen MR) is 183 cm³/mol. The second-order valence-electron chi connectivity index (χ2n) is 13.4. The maximum Gasteiger partial charge on any atom is 0.276 e. The summed E-state index contributed by atoms with van der Waals surface area (Å²) in [7, 11) is 0. The molecule has 0 radical (unpaired) electrons. The molecule has 4 aromatic rings. The Morgan fingerprint density at radius 2 is 1.60 bits per heavy atom. The Bertz CT molecular complexity index is 2000. The molecule has 0 saturated carbocycles. The van der Waals surface area contributed by atoms with Crippen LogP contribution in [0.4, 0.5) is 0 Å². The van der Waals surface area contributed by atoms with Crippen molar-refractivity contribution in [1.82, 2.24) is 40.7 Å². The van der Waals surface area contributed by atoms with Crippen molar-refractivity contribution >= 4 is 29.5 Å². The molecule has 16 heteroatoms. The van der Waals surface area contributed by atoms with Crippen molar-refractivity contribution in [3.63, 3.8) is 0 Å². The van der Waals surface area contributed by atoms with Gasteiger partial charge in [0.25, 0.3) is 17.4 Å². The highest BCUT2D eigenvalue weighted by molar-refractivity contribution is 5.97. The van der Waals surface area contributed by atoms with Gasteiger partial charge in [-0.1, -0.05) is 50.2 Å². The third-order valence-corrected chi connectivity index (χ3v) is 8.89. The van der Waals surface area contributed by atoms with Gasteiger partial charge in [-0.25, -0.2) is 9.97 Å². The number of hydrogen-bond donors (Lipinski definition) is 4. The SMILES string of the molecule is CC(C)C[C@H]1NC(=O)c2coc(n2)[C@H](Cc2ccccc2)NC(=O)[C@@H]2C[C@H](NC(=O)Cn3ccccc3=O)CN2C(=O)c2coc(n2)[C@@H](C)NC1=O. The summed E-state index contributed by atoms with van der Waals surface area (Å²) >= 11 is 0. The molecule has 4 N–H and O–H groups in total. The molecule has 1 aromatic carbocycles. The van der Waals surface area contributed by atoms with Gasteiger partial charge in [-0.05, 0) is 37.3 Å². The van der Waals surface area contributed by atoms with Gasteiger partial charge in [0, 0.05) is 31.3 Å². The number of pyridine rings is 1. The molecule has 2 aliphatic rings. The van der Waals surface area contributed by atoms with Gasteiger partial charge in [0.1, 0.15) is 43.2 Å². The van der Waals surface area contributed by atoms with E-state index >= 15 is 0 Å². The van der Waals surface area contributed by atoms with E-state index in [1.165, 1.54) is 28.0 Å². The summed E-state index contributed by atoms with van der Waals surface area (Å²) in [6.07, 6.45) is 4.38. The molecule has 52 heavy (non-hydrogen) atoms. The lowest BCUT2D eigenvalue weighted by Gasteiger charge is -2.25. The summed E-state index contributed by atoms with van der Waals surface area (Å²) in [4.78, 5) is 90.3. The molecule has 16 nitrogen and oxygen atoms in total. The highest BCUT2D eigenvalue weighted by Gasteiger charge is 2.42. The van der Waals surface area contributed by atoms with Crippen LogP contribution in [-0.4, -0.2) is 73.6 Å². The van der Waals surface area contributed by atoms with Gasteiger partial charge >= 0.3 is 0 Å². The van der Waals surface area contributed by atoms with Crippen LogP contribution in [0, 0.1) is 5.92 Å². The number of nitrogens with zero attached hydrogens (tertiary/aromatic N) is 4. The largest absolute Gasteiger partial charge is 0.446 e. The molecule has 4 bridgehead atoms. The number of amides is 5. The van der Waals surface area contributed by atoms with E-state index in [4.69, 9.17) is 8.83 Å². The standard InChI is InChI=1S/C36H40N8O8/c1-20(2)13-24-31(47)37-21(3)34-42-27(19-51-34)36(50)44-16-23(38-29(45)17-43-12-8-7-11-30(43)46)15-28(44)33(49)40-25(14-22-9-5-4-6-10-22)35-41-26(18-52-35)32(48)39-24/h4-12,18-21,23-25,28H,13-17H2,1-3H3,(H,37,47)(H,38,45)(H,39,48)(H,40,49)/t21-,23+,24-,25+,28+/m1/s1. The molecule has 1 fully saturated rings. The zero-order valence-corrected chi connectivity index (χ0v) is 28.9. The summed E-state index contributed by atoms with van der Waals surface area (Å²) in [5.74, 6) is -2.68. The number of hydrogen-bond acceptors (Lipinski definition) is 10. The summed E-state index contributed by atoms with van der Waals surface area (Å²) in [6, 6.07) is 9.45. The molecule has 5 amide bonds. The molecule has 0 unspecified atom stereocenters. The minimum Gasteiger partial charge on any atom is -0.446 e. The molecule has 272 valence electrons. The predicted octanol–water partition coefficient (Wildman–Crippen LogP) is 1.66. The highest BCUT2D eigenvalue weighted by Crippen LogP contribution is 2.25. The van der Waals surface area contributed by atoms with E-state index < -0.39 is 59.7 Å². The Kier molecular flexibility index (Phi) is 10.6. The van der Waals surface area contributed by atoms with Gasteiger partial charge in [-0.15, -0.1) is 0 Å². The Morgan fingerprint density at radius 1 is 0.885 bits per heavy atom. The van der Waals surface area contributed by atoms with Crippen LogP contribution in [0.5, 0.6) is 0 Å². The molecular weight excluding hydrogens is 672 g/mol. The summed E-state index contributed by atoms with van der Waals surface area (Å²) in [6.45, 7) is 5.14. The molecule has 1 saturated heterocycles. The molecule has 2 aliphatic heterocycles. The van der Waals surface area contributed by atoms with Crippen molar-refractivity contribution < 1.29 is 32.8 Å². The average Bonchev–Trinajstić information content (AvgIpc) is 3.89. The first-order valence-electron chi connectivity index (χ1n) is 17.1. The van der Waals surface area contributed by atoms with Gasteiger partial charge in [0.05, 0.1) is 0 Å². The number of rotatable bonds is 7. The minimum absolute atomic E-state index is 0.0369. The molecule has 0 spiro atoms. The van der Waals surface area contributed by atoms with E-state index in [1.807, 2.05) is 44.2 Å². The van der Waals surface area contributed by atoms with E-state index in [9.17, 15) is 28.8 Å². The van der Waals surface area contributed by atoms with Crippen LogP contribution in [0.2, 0.25) is 0 Å². The fourth-order valence-corrected chi connectivity index (χ4v) is 6.35. The Morgan fingerprint density at radius 3 is 2.35 bits per heavy atom. The first-order valence-corrected chi connectivity index (χ1v) is 17.1. The third kappa shape index (κ3) is 8.28. The van der Waals surface area contributed by atoms with Crippen LogP contribution in [0.15, 0.2) is 80.9 Å². The maximum absolute atomic E-state index is 14.2. The quantitative estimate of drug-likeness (QED) is 0.218. The van der Waals surface area contributed by atoms with E-state index in [2.05, 4.69) is 31.2 Å². The van der Waals surface area contributed by atoms with E-state index in [1.54, 1.807) is 19.1 Å². The summed E-state index contributed by atoms with van der Waals surface area (Å²) in [5.41, 5.74) is 0.280. The highest BCUT2D eigenvalue weighted by atomic mass is 16.3. The molecule has 6 rings (SSSR count). The number of fused-ring (bicyclic) bond motifs is 5. The van der Waals surface area contributed by atoms with Gasteiger partial charge in [0.2, 0.25) is 29.5 Å². The van der Waals surface area contributed by atoms with Crippen molar-refractivity contribution in [1.29, 1.82) is 0 Å². The van der Waals surface area contributed by atoms with Crippen molar-refractivity contribution in [2.75, 3.05) is 6.54 Å². The van der Waals surface area contributed by atoms with Crippen LogP contribution >= 0.6 is 0 Å². The zero-order valence-electron chi connectivity index (χ0n) is 28.9. The second kappa shape index (κ2) is 15.4. The summed E-state index contributed by atoms with van der Waals surface area (Å²) < 4.78 is 12.6. The van der Waals surface area contributed by atoms with Gasteiger partial charge in [0.15, 0.2) is 11.4 Å². The van der Waals surface area contributed by atoms with Crippen LogP contribution in [-0.2, 0) is 27.3 Å². The second-order valence-corrected chi connectivity index (χ2v) is 13.4. The van der Waals surface area contributed by atoms with Crippen molar-refractivity contribution in [2.45, 2.75) is 76.8 Å². The maximum atomic E-state index is 14.2. The van der Waals surface area contributed by atoms with Crippen molar-refractivity contribution in [2.24, 2.45) is 5.92 Å². The first-order chi connectivity index (χ1) is 24.9. The topological polar surface area (TPSA) is 211 Å². The molecule has 5 atom stereocenters. The summed E-state index contributed by atoms with van der Waals surface area (Å²) in [5, 5.41) is 11.3. The lowest BCUT2D eigenvalue weighted by molar-refractivity contribution is -0.126. The van der Waals surface area contributed by atoms with Gasteiger partial charge in [-0.3, -0.25) is 28.8 Å². The van der Waals surface area contributed by atoms with E-state index in [-0.39, 0.29) is 60.6 Å². The van der Waals surface area contributed by atoms with Gasteiger partial charge < -0.3 is 39.6 Å². The lowest BCUT2D eigenvalue weighted by atomic mass is 10.0. The van der Waals surface area contributed by atoms with Crippen LogP contribution in [0.3, 0.4) is 0 Å². The normalized spacial score (nSPS) is 22.5. The lowest BCUT2D eigenvalue weighted by Crippen LogP contribution is -2.48. The Labute approximate surface area is 298 Å². The average molecular weight is 713 g/mol. The first kappa shape index (κ1) is 35.8. The zero-order chi connectivity index (χ0) is 36.9. The molecule has 0 aliphatic carbocycles. The van der Waals surface area contributed by atoms with Crippen molar-refractivity contribution in [3.8, 4) is 0 Å². The number of oxazole rings is 2. The number of carbonyl (C=O) groups is 5. The number of benzene rings is 1. The van der Waals surface area contributed by atoms with Crippen LogP contribution in [0.25, 0.3) is 0 Å². The van der Waals surface area contributed by atoms with Gasteiger partial charge in [-0.2, -0.15) is 0 Å². The minimum atomic E-state index is -1.08. The number of carbonyl (C=O) groups excluding carboxylic acids is 5. The molecule has 3 aromatic heterocycles. The van der Waals surface area contributed by atoms with Crippen LogP contribution < -0.4 is 26.8 Å². The van der Waals surface area contributed by atoms with Crippen molar-refractivity contribution in [3.05, 3.63) is 106 Å². The van der Waals surface area contributed by atoms with Crippen LogP contribution in [0.1, 0.15) is 84.0 Å². The fraction of sp³-hybridized carbons (Fsp3) is 0.389. The Hall–Kier alpha value is -6.06. The van der Waals surface area contributed by atoms with E-state index in [0.29, 0.717) is 6.42 Å². The number of nitrogens with one attached hydrogen (secondary N) is 4. The molecule has 5 heterocycles. The molecular formula is C36H40N8O8. The monoisotopic (exact) mass is 712 g/mol. The Balaban J connectivity index is 1.33. The number of aromatic nitrogens is 3. The fourth-order valence-electron chi connectivity index (χ4n) is 6.35. The third-order valence-electron chi connectivity index (χ3n) is 8.89. The van der Waals surface area contributed by atoms with E-state index in [0.717, 1.165) is 11.8 Å². The smallest absolute Gasteiger partial charge is 0.276 e.